The van der Waals surface area contributed by atoms with Crippen LogP contribution in [0.5, 0.6) is 0 Å². The van der Waals surface area contributed by atoms with Crippen LogP contribution in [0.1, 0.15) is 34.0 Å². The van der Waals surface area contributed by atoms with E-state index in [2.05, 4.69) is 20.3 Å². The first-order chi connectivity index (χ1) is 16.5. The van der Waals surface area contributed by atoms with Crippen molar-refractivity contribution in [2.75, 3.05) is 25.0 Å². The molecule has 1 aromatic heterocycles. The number of rotatable bonds is 5. The molecule has 6 rings (SSSR count). The van der Waals surface area contributed by atoms with E-state index < -0.39 is 23.4 Å². The average molecular weight is 460 g/mol. The lowest BCUT2D eigenvalue weighted by Crippen LogP contribution is -2.34. The smallest absolute Gasteiger partial charge is 0.412 e. The first kappa shape index (κ1) is 20.4. The van der Waals surface area contributed by atoms with E-state index in [1.54, 1.807) is 0 Å². The number of hydrogen-bond donors (Lipinski definition) is 2. The maximum atomic E-state index is 12.9. The first-order valence-corrected chi connectivity index (χ1v) is 10.9. The number of likely N-dealkylation sites (tertiary alicyclic amines) is 1. The van der Waals surface area contributed by atoms with Crippen molar-refractivity contribution in [3.63, 3.8) is 0 Å². The van der Waals surface area contributed by atoms with E-state index in [1.165, 1.54) is 4.90 Å². The van der Waals surface area contributed by atoms with Gasteiger partial charge in [0.1, 0.15) is 6.61 Å². The van der Waals surface area contributed by atoms with E-state index in [-0.39, 0.29) is 36.5 Å². The van der Waals surface area contributed by atoms with Crippen molar-refractivity contribution in [2.24, 2.45) is 11.3 Å². The SMILES string of the molecule is O=C(Nc1nonc1C(=O)N1CC2CC2(C(=O)O)C1)OCC1c2ccccc2-c2ccccc21. The Morgan fingerprint density at radius 3 is 2.41 bits per heavy atom. The highest BCUT2D eigenvalue weighted by atomic mass is 16.6. The lowest BCUT2D eigenvalue weighted by Gasteiger charge is -2.18. The number of carbonyl (C=O) groups excluding carboxylic acids is 2. The third kappa shape index (κ3) is 3.06. The van der Waals surface area contributed by atoms with Crippen LogP contribution in [0.25, 0.3) is 11.1 Å². The van der Waals surface area contributed by atoms with E-state index in [0.29, 0.717) is 13.0 Å². The molecule has 10 nitrogen and oxygen atoms in total. The van der Waals surface area contributed by atoms with Crippen LogP contribution in [-0.2, 0) is 9.53 Å². The molecule has 1 aliphatic heterocycles. The summed E-state index contributed by atoms with van der Waals surface area (Å²) < 4.78 is 10.2. The molecule has 34 heavy (non-hydrogen) atoms. The van der Waals surface area contributed by atoms with Gasteiger partial charge in [0.05, 0.1) is 5.41 Å². The Kier molecular flexibility index (Phi) is 4.44. The summed E-state index contributed by atoms with van der Waals surface area (Å²) in [5, 5.41) is 19.1. The second-order valence-corrected chi connectivity index (χ2v) is 8.96. The number of hydrogen-bond acceptors (Lipinski definition) is 7. The van der Waals surface area contributed by atoms with Crippen molar-refractivity contribution in [3.05, 3.63) is 65.4 Å². The molecule has 2 aliphatic carbocycles. The van der Waals surface area contributed by atoms with Gasteiger partial charge >= 0.3 is 12.1 Å². The number of aliphatic carboxylic acids is 1. The predicted octanol–water partition coefficient (Wildman–Crippen LogP) is 2.98. The van der Waals surface area contributed by atoms with Gasteiger partial charge in [0.2, 0.25) is 11.5 Å². The number of ether oxygens (including phenoxy) is 1. The zero-order valence-corrected chi connectivity index (χ0v) is 17.9. The Labute approximate surface area is 193 Å². The highest BCUT2D eigenvalue weighted by Crippen LogP contribution is 2.58. The number of amides is 2. The molecule has 0 radical (unpaired) electrons. The fraction of sp³-hybridized carbons (Fsp3) is 0.292. The number of benzene rings is 2. The summed E-state index contributed by atoms with van der Waals surface area (Å²) in [5.74, 6) is -1.77. The van der Waals surface area contributed by atoms with Crippen LogP contribution in [0, 0.1) is 11.3 Å². The van der Waals surface area contributed by atoms with Gasteiger partial charge in [-0.2, -0.15) is 0 Å². The number of aromatic nitrogens is 2. The molecular formula is C24H20N4O6. The minimum absolute atomic E-state index is 0.0626. The molecule has 1 saturated heterocycles. The summed E-state index contributed by atoms with van der Waals surface area (Å²) in [5.41, 5.74) is 3.33. The molecule has 0 spiro atoms. The maximum absolute atomic E-state index is 12.9. The Morgan fingerprint density at radius 2 is 1.76 bits per heavy atom. The van der Waals surface area contributed by atoms with Crippen molar-refractivity contribution < 1.29 is 28.9 Å². The topological polar surface area (TPSA) is 135 Å². The molecule has 2 amide bonds. The zero-order valence-electron chi connectivity index (χ0n) is 17.9. The zero-order chi connectivity index (χ0) is 23.4. The second-order valence-electron chi connectivity index (χ2n) is 8.96. The number of nitrogens with zero attached hydrogens (tertiary/aromatic N) is 3. The Balaban J connectivity index is 1.13. The van der Waals surface area contributed by atoms with E-state index in [9.17, 15) is 19.5 Å². The van der Waals surface area contributed by atoms with E-state index in [4.69, 9.17) is 4.74 Å². The number of piperidine rings is 1. The van der Waals surface area contributed by atoms with Crippen LogP contribution in [0.15, 0.2) is 53.2 Å². The van der Waals surface area contributed by atoms with Crippen molar-refractivity contribution in [1.82, 2.24) is 15.2 Å². The minimum atomic E-state index is -0.900. The number of carboxylic acids is 1. The lowest BCUT2D eigenvalue weighted by molar-refractivity contribution is -0.143. The third-order valence-electron chi connectivity index (χ3n) is 7.11. The van der Waals surface area contributed by atoms with Gasteiger partial charge in [0.15, 0.2) is 0 Å². The Morgan fingerprint density at radius 1 is 1.09 bits per heavy atom. The lowest BCUT2D eigenvalue weighted by atomic mass is 9.98. The standard InChI is InChI=1S/C24H20N4O6/c29-21(28-10-13-9-24(13,12-28)22(30)31)19-20(27-34-26-19)25-23(32)33-11-18-16-7-3-1-5-14(16)15-6-2-4-8-17(15)18/h1-8,13,18H,9-12H2,(H,30,31)(H,25,27,32). The molecule has 2 N–H and O–H groups in total. The molecule has 3 aromatic rings. The molecule has 10 heteroatoms. The number of anilines is 1. The summed E-state index contributed by atoms with van der Waals surface area (Å²) >= 11 is 0. The quantitative estimate of drug-likeness (QED) is 0.593. The van der Waals surface area contributed by atoms with Gasteiger partial charge in [-0.15, -0.1) is 0 Å². The van der Waals surface area contributed by atoms with Crippen molar-refractivity contribution in [1.29, 1.82) is 0 Å². The normalized spacial score (nSPS) is 22.0. The summed E-state index contributed by atoms with van der Waals surface area (Å²) in [6.45, 7) is 0.523. The van der Waals surface area contributed by atoms with Crippen LogP contribution in [-0.4, -0.2) is 58.0 Å². The van der Waals surface area contributed by atoms with Crippen LogP contribution < -0.4 is 5.32 Å². The molecule has 3 aliphatic rings. The molecule has 2 unspecified atom stereocenters. The number of carboxylic acid groups (broad SMARTS) is 1. The summed E-state index contributed by atoms with van der Waals surface area (Å²) in [6, 6.07) is 16.0. The first-order valence-electron chi connectivity index (χ1n) is 10.9. The summed E-state index contributed by atoms with van der Waals surface area (Å²) in [6.07, 6.45) is -0.230. The summed E-state index contributed by atoms with van der Waals surface area (Å²) in [7, 11) is 0. The summed E-state index contributed by atoms with van der Waals surface area (Å²) in [4.78, 5) is 38.3. The van der Waals surface area contributed by atoms with E-state index in [0.717, 1.165) is 22.3 Å². The van der Waals surface area contributed by atoms with Crippen LogP contribution in [0.4, 0.5) is 10.6 Å². The van der Waals surface area contributed by atoms with Crippen molar-refractivity contribution in [2.45, 2.75) is 12.3 Å². The average Bonchev–Trinajstić information content (AvgIpc) is 3.16. The van der Waals surface area contributed by atoms with Gasteiger partial charge in [0, 0.05) is 19.0 Å². The molecule has 2 heterocycles. The highest BCUT2D eigenvalue weighted by molar-refractivity contribution is 6.00. The monoisotopic (exact) mass is 460 g/mol. The number of fused-ring (bicyclic) bond motifs is 4. The fourth-order valence-corrected chi connectivity index (χ4v) is 5.26. The molecular weight excluding hydrogens is 440 g/mol. The highest BCUT2D eigenvalue weighted by Gasteiger charge is 2.66. The largest absolute Gasteiger partial charge is 0.481 e. The van der Waals surface area contributed by atoms with Gasteiger partial charge in [-0.25, -0.2) is 9.42 Å². The molecule has 2 atom stereocenters. The van der Waals surface area contributed by atoms with Crippen LogP contribution >= 0.6 is 0 Å². The van der Waals surface area contributed by atoms with Crippen molar-refractivity contribution >= 4 is 23.8 Å². The number of carbonyl (C=O) groups is 3. The molecule has 172 valence electrons. The van der Waals surface area contributed by atoms with Gasteiger partial charge < -0.3 is 14.7 Å². The van der Waals surface area contributed by atoms with Crippen molar-refractivity contribution in [3.8, 4) is 11.1 Å². The van der Waals surface area contributed by atoms with Crippen LogP contribution in [0.2, 0.25) is 0 Å². The van der Waals surface area contributed by atoms with Gasteiger partial charge in [-0.05, 0) is 44.9 Å². The van der Waals surface area contributed by atoms with E-state index >= 15 is 0 Å². The van der Waals surface area contributed by atoms with E-state index in [1.807, 2.05) is 48.5 Å². The molecule has 2 fully saturated rings. The molecule has 2 aromatic carbocycles. The second kappa shape index (κ2) is 7.41. The Bertz CT molecular complexity index is 1290. The van der Waals surface area contributed by atoms with Gasteiger partial charge in [-0.3, -0.25) is 14.9 Å². The minimum Gasteiger partial charge on any atom is -0.481 e. The molecule has 0 bridgehead atoms. The molecule has 1 saturated carbocycles. The van der Waals surface area contributed by atoms with Gasteiger partial charge in [-0.1, -0.05) is 48.5 Å². The fourth-order valence-electron chi connectivity index (χ4n) is 5.26. The third-order valence-corrected chi connectivity index (χ3v) is 7.11. The van der Waals surface area contributed by atoms with Gasteiger partial charge in [0.25, 0.3) is 5.91 Å². The predicted molar refractivity (Wildman–Crippen MR) is 117 cm³/mol. The Hall–Kier alpha value is -4.21. The maximum Gasteiger partial charge on any atom is 0.412 e. The van der Waals surface area contributed by atoms with Crippen LogP contribution in [0.3, 0.4) is 0 Å². The number of nitrogens with one attached hydrogen (secondary N) is 1.